The molecule has 2 aliphatic heterocycles. The van der Waals surface area contributed by atoms with E-state index >= 15 is 0 Å². The molecule has 1 atom stereocenters. The van der Waals surface area contributed by atoms with Crippen LogP contribution >= 0.6 is 0 Å². The van der Waals surface area contributed by atoms with Gasteiger partial charge in [-0.15, -0.1) is 0 Å². The van der Waals surface area contributed by atoms with Crippen molar-refractivity contribution in [2.24, 2.45) is 15.9 Å². The van der Waals surface area contributed by atoms with Crippen molar-refractivity contribution in [2.45, 2.75) is 26.3 Å². The molecule has 1 unspecified atom stereocenters. The summed E-state index contributed by atoms with van der Waals surface area (Å²) in [7, 11) is 0. The molecule has 0 amide bonds. The van der Waals surface area contributed by atoms with Crippen molar-refractivity contribution in [2.75, 3.05) is 0 Å². The second kappa shape index (κ2) is 5.82. The number of nitrogens with one attached hydrogen (secondary N) is 1. The Kier molecular flexibility index (Phi) is 3.72. The lowest BCUT2D eigenvalue weighted by Gasteiger charge is -2.25. The fourth-order valence-corrected chi connectivity index (χ4v) is 2.43. The summed E-state index contributed by atoms with van der Waals surface area (Å²) >= 11 is 0. The molecule has 0 fully saturated rings. The number of hydrogen-bond acceptors (Lipinski definition) is 3. The van der Waals surface area contributed by atoms with Crippen molar-refractivity contribution >= 4 is 11.5 Å². The van der Waals surface area contributed by atoms with E-state index in [1.54, 1.807) is 6.20 Å². The number of rotatable bonds is 3. The van der Waals surface area contributed by atoms with Crippen molar-refractivity contribution in [1.29, 1.82) is 0 Å². The van der Waals surface area contributed by atoms with E-state index in [-0.39, 0.29) is 0 Å². The second-order valence-corrected chi connectivity index (χ2v) is 5.00. The van der Waals surface area contributed by atoms with Gasteiger partial charge < -0.3 is 5.32 Å². The largest absolute Gasteiger partial charge is 0.346 e. The zero-order valence-electron chi connectivity index (χ0n) is 11.6. The predicted molar refractivity (Wildman–Crippen MR) is 81.6 cm³/mol. The lowest BCUT2D eigenvalue weighted by atomic mass is 9.89. The van der Waals surface area contributed by atoms with Crippen LogP contribution in [0.3, 0.4) is 0 Å². The molecule has 0 aliphatic carbocycles. The number of fused-ring (bicyclic) bond motifs is 1. The van der Waals surface area contributed by atoms with Crippen LogP contribution in [0.5, 0.6) is 0 Å². The molecule has 0 saturated heterocycles. The lowest BCUT2D eigenvalue weighted by molar-refractivity contribution is 0.775. The van der Waals surface area contributed by atoms with E-state index in [4.69, 9.17) is 0 Å². The first-order valence-electron chi connectivity index (χ1n) is 6.99. The highest BCUT2D eigenvalue weighted by molar-refractivity contribution is 6.43. The first-order valence-corrected chi connectivity index (χ1v) is 6.99. The number of hydrogen-bond donors (Lipinski definition) is 1. The highest BCUT2D eigenvalue weighted by Gasteiger charge is 2.24. The lowest BCUT2D eigenvalue weighted by Crippen LogP contribution is -2.37. The van der Waals surface area contributed by atoms with E-state index in [1.165, 1.54) is 5.57 Å². The third-order valence-corrected chi connectivity index (χ3v) is 3.61. The highest BCUT2D eigenvalue weighted by Crippen LogP contribution is 2.24. The summed E-state index contributed by atoms with van der Waals surface area (Å²) in [5.41, 5.74) is 3.56. The molecule has 0 spiro atoms. The van der Waals surface area contributed by atoms with E-state index in [0.29, 0.717) is 12.5 Å². The molecular formula is C16H18N4. The van der Waals surface area contributed by atoms with E-state index in [0.717, 1.165) is 30.0 Å². The van der Waals surface area contributed by atoms with E-state index < -0.39 is 0 Å². The molecule has 0 radical (unpaired) electrons. The smallest absolute Gasteiger partial charge is 0.147 e. The van der Waals surface area contributed by atoms with Crippen LogP contribution in [-0.4, -0.2) is 16.5 Å². The Labute approximate surface area is 119 Å². The molecule has 1 aromatic rings. The molecular weight excluding hydrogens is 248 g/mol. The zero-order valence-corrected chi connectivity index (χ0v) is 11.6. The van der Waals surface area contributed by atoms with Gasteiger partial charge in [0.15, 0.2) is 0 Å². The standard InChI is InChI=1S/C16H18N4/c1-2-12-8-14-5-7-18-16(15(14)19-10-12)20-11-13-4-3-6-17-9-13/h3-7,9-10,14H,2,8,11H2,1H3,(H,18,20). The maximum absolute atomic E-state index is 4.64. The van der Waals surface area contributed by atoms with Crippen LogP contribution in [0, 0.1) is 5.92 Å². The Morgan fingerprint density at radius 1 is 1.45 bits per heavy atom. The number of pyridine rings is 1. The molecule has 3 heterocycles. The van der Waals surface area contributed by atoms with Crippen LogP contribution in [-0.2, 0) is 6.54 Å². The predicted octanol–water partition coefficient (Wildman–Crippen LogP) is 2.85. The van der Waals surface area contributed by atoms with Crippen LogP contribution in [0.25, 0.3) is 0 Å². The zero-order chi connectivity index (χ0) is 13.8. The summed E-state index contributed by atoms with van der Waals surface area (Å²) in [5.74, 6) is 1.25. The Hall–Kier alpha value is -2.23. The summed E-state index contributed by atoms with van der Waals surface area (Å²) in [5, 5.41) is 3.21. The molecule has 0 bridgehead atoms. The van der Waals surface area contributed by atoms with Crippen LogP contribution in [0.4, 0.5) is 0 Å². The minimum atomic E-state index is 0.365. The minimum Gasteiger partial charge on any atom is -0.346 e. The summed E-state index contributed by atoms with van der Waals surface area (Å²) in [6.07, 6.45) is 11.9. The molecule has 0 aromatic carbocycles. The van der Waals surface area contributed by atoms with Gasteiger partial charge in [-0.1, -0.05) is 24.6 Å². The molecule has 4 nitrogen and oxygen atoms in total. The van der Waals surface area contributed by atoms with Crippen LogP contribution in [0.1, 0.15) is 25.3 Å². The van der Waals surface area contributed by atoms with Gasteiger partial charge >= 0.3 is 0 Å². The van der Waals surface area contributed by atoms with Crippen LogP contribution in [0.2, 0.25) is 0 Å². The summed E-state index contributed by atoms with van der Waals surface area (Å²) in [4.78, 5) is 13.3. The number of allylic oxidation sites excluding steroid dienone is 2. The van der Waals surface area contributed by atoms with E-state index in [1.807, 2.05) is 30.7 Å². The quantitative estimate of drug-likeness (QED) is 0.914. The Bertz CT molecular complexity index is 596. The van der Waals surface area contributed by atoms with Gasteiger partial charge in [0.2, 0.25) is 0 Å². The minimum absolute atomic E-state index is 0.365. The molecule has 1 N–H and O–H groups in total. The topological polar surface area (TPSA) is 49.6 Å². The van der Waals surface area contributed by atoms with Gasteiger partial charge in [-0.2, -0.15) is 0 Å². The normalized spacial score (nSPS) is 22.9. The van der Waals surface area contributed by atoms with Crippen molar-refractivity contribution in [3.05, 3.63) is 54.1 Å². The number of aromatic nitrogens is 1. The number of nitrogens with zero attached hydrogens (tertiary/aromatic N) is 3. The summed E-state index contributed by atoms with van der Waals surface area (Å²) < 4.78 is 0. The van der Waals surface area contributed by atoms with E-state index in [2.05, 4.69) is 33.3 Å². The van der Waals surface area contributed by atoms with Gasteiger partial charge in [0.25, 0.3) is 0 Å². The third-order valence-electron chi connectivity index (χ3n) is 3.61. The summed E-state index contributed by atoms with van der Waals surface area (Å²) in [6.45, 7) is 2.80. The second-order valence-electron chi connectivity index (χ2n) is 5.00. The van der Waals surface area contributed by atoms with Crippen molar-refractivity contribution < 1.29 is 0 Å². The fraction of sp³-hybridized carbons (Fsp3) is 0.312. The SMILES string of the molecule is CCC1=CN=C2C(=NCc3cccnc3)NC=CC2C1. The van der Waals surface area contributed by atoms with Gasteiger partial charge in [0.1, 0.15) is 5.84 Å². The third kappa shape index (κ3) is 2.69. The van der Waals surface area contributed by atoms with Gasteiger partial charge in [-0.25, -0.2) is 0 Å². The van der Waals surface area contributed by atoms with Crippen LogP contribution < -0.4 is 5.32 Å². The molecule has 0 saturated carbocycles. The molecule has 4 heteroatoms. The molecule has 20 heavy (non-hydrogen) atoms. The highest BCUT2D eigenvalue weighted by atomic mass is 15.0. The maximum Gasteiger partial charge on any atom is 0.147 e. The van der Waals surface area contributed by atoms with Crippen molar-refractivity contribution in [3.63, 3.8) is 0 Å². The summed E-state index contributed by atoms with van der Waals surface area (Å²) in [6, 6.07) is 3.96. The molecule has 102 valence electrons. The monoisotopic (exact) mass is 266 g/mol. The van der Waals surface area contributed by atoms with Gasteiger partial charge in [-0.05, 0) is 30.7 Å². The number of amidine groups is 1. The fourth-order valence-electron chi connectivity index (χ4n) is 2.43. The van der Waals surface area contributed by atoms with Gasteiger partial charge in [-0.3, -0.25) is 15.0 Å². The van der Waals surface area contributed by atoms with Gasteiger partial charge in [0.05, 0.1) is 12.3 Å². The Morgan fingerprint density at radius 2 is 2.40 bits per heavy atom. The Morgan fingerprint density at radius 3 is 3.20 bits per heavy atom. The average Bonchev–Trinajstić information content (AvgIpc) is 2.53. The number of aliphatic imine (C=N–C) groups is 2. The van der Waals surface area contributed by atoms with E-state index in [9.17, 15) is 0 Å². The van der Waals surface area contributed by atoms with Crippen molar-refractivity contribution in [1.82, 2.24) is 10.3 Å². The first kappa shape index (κ1) is 12.8. The Balaban J connectivity index is 1.81. The average molecular weight is 266 g/mol. The van der Waals surface area contributed by atoms with Gasteiger partial charge in [0, 0.05) is 24.5 Å². The maximum atomic E-state index is 4.64. The van der Waals surface area contributed by atoms with Crippen LogP contribution in [0.15, 0.2) is 58.6 Å². The molecule has 3 rings (SSSR count). The molecule has 2 aliphatic rings. The first-order chi connectivity index (χ1) is 9.86. The molecule has 1 aromatic heterocycles. The van der Waals surface area contributed by atoms with Crippen molar-refractivity contribution in [3.8, 4) is 0 Å².